The fraction of sp³-hybridized carbons (Fsp3) is 0.636. The zero-order valence-corrected chi connectivity index (χ0v) is 10.4. The van der Waals surface area contributed by atoms with Gasteiger partial charge in [0.2, 0.25) is 11.8 Å². The lowest BCUT2D eigenvalue weighted by atomic mass is 10.2. The van der Waals surface area contributed by atoms with Crippen LogP contribution in [0, 0.1) is 0 Å². The van der Waals surface area contributed by atoms with Crippen molar-refractivity contribution in [1.82, 2.24) is 9.80 Å². The molecule has 5 heteroatoms. The Labute approximate surface area is 102 Å². The Bertz CT molecular complexity index is 292. The van der Waals surface area contributed by atoms with Gasteiger partial charge in [0.15, 0.2) is 0 Å². The highest BCUT2D eigenvalue weighted by Gasteiger charge is 2.28. The molecule has 1 aliphatic rings. The Morgan fingerprint density at radius 1 is 1.19 bits per heavy atom. The van der Waals surface area contributed by atoms with Crippen LogP contribution in [0.4, 0.5) is 0 Å². The molecule has 16 heavy (non-hydrogen) atoms. The number of hydrogen-bond acceptors (Lipinski definition) is 3. The van der Waals surface area contributed by atoms with Crippen LogP contribution in [0.25, 0.3) is 0 Å². The Kier molecular flexibility index (Phi) is 5.38. The Hall–Kier alpha value is -0.970. The van der Waals surface area contributed by atoms with Crippen molar-refractivity contribution in [2.45, 2.75) is 13.3 Å². The van der Waals surface area contributed by atoms with Gasteiger partial charge in [-0.05, 0) is 6.42 Å². The molecular weight excluding hydrogens is 224 g/mol. The van der Waals surface area contributed by atoms with Crippen LogP contribution in [-0.4, -0.2) is 53.5 Å². The van der Waals surface area contributed by atoms with Gasteiger partial charge in [-0.1, -0.05) is 19.1 Å². The first-order valence-electron chi connectivity index (χ1n) is 5.50. The first kappa shape index (κ1) is 13.1. The third-order valence-electron chi connectivity index (χ3n) is 2.45. The summed E-state index contributed by atoms with van der Waals surface area (Å²) < 4.78 is 0. The molecule has 0 aromatic heterocycles. The van der Waals surface area contributed by atoms with Crippen LogP contribution >= 0.6 is 12.6 Å². The van der Waals surface area contributed by atoms with E-state index in [9.17, 15) is 9.59 Å². The van der Waals surface area contributed by atoms with E-state index in [-0.39, 0.29) is 24.9 Å². The Morgan fingerprint density at radius 2 is 1.81 bits per heavy atom. The van der Waals surface area contributed by atoms with E-state index in [4.69, 9.17) is 0 Å². The molecule has 0 aromatic carbocycles. The summed E-state index contributed by atoms with van der Waals surface area (Å²) in [5, 5.41) is 0. The number of carbonyl (C=O) groups excluding carboxylic acids is 2. The second kappa shape index (κ2) is 6.58. The molecule has 0 aliphatic carbocycles. The number of nitrogens with zero attached hydrogens (tertiary/aromatic N) is 2. The average Bonchev–Trinajstić information content (AvgIpc) is 2.25. The average molecular weight is 242 g/mol. The Morgan fingerprint density at radius 3 is 2.44 bits per heavy atom. The van der Waals surface area contributed by atoms with Gasteiger partial charge < -0.3 is 9.80 Å². The molecule has 1 aliphatic heterocycles. The van der Waals surface area contributed by atoms with E-state index < -0.39 is 0 Å². The predicted octanol–water partition coefficient (Wildman–Crippen LogP) is 0.553. The molecule has 0 saturated carbocycles. The molecule has 1 saturated heterocycles. The van der Waals surface area contributed by atoms with E-state index >= 15 is 0 Å². The van der Waals surface area contributed by atoms with Crippen molar-refractivity contribution in [2.24, 2.45) is 0 Å². The first-order chi connectivity index (χ1) is 7.69. The van der Waals surface area contributed by atoms with Crippen LogP contribution in [0.5, 0.6) is 0 Å². The highest BCUT2D eigenvalue weighted by Crippen LogP contribution is 2.05. The van der Waals surface area contributed by atoms with Gasteiger partial charge in [0.1, 0.15) is 6.54 Å². The van der Waals surface area contributed by atoms with E-state index in [0.717, 1.165) is 6.42 Å². The predicted molar refractivity (Wildman–Crippen MR) is 66.4 cm³/mol. The van der Waals surface area contributed by atoms with Crippen molar-refractivity contribution >= 4 is 24.4 Å². The largest absolute Gasteiger partial charge is 0.332 e. The van der Waals surface area contributed by atoms with Gasteiger partial charge in [-0.2, -0.15) is 12.6 Å². The molecule has 2 amide bonds. The Balaban J connectivity index is 2.50. The van der Waals surface area contributed by atoms with Crippen LogP contribution in [0.15, 0.2) is 12.2 Å². The fourth-order valence-corrected chi connectivity index (χ4v) is 1.77. The SMILES string of the molecule is CCCN1CC(=O)N(CC=CCS)CC1=O. The lowest BCUT2D eigenvalue weighted by molar-refractivity contribution is -0.149. The minimum atomic E-state index is 0.0249. The number of rotatable bonds is 5. The summed E-state index contributed by atoms with van der Waals surface area (Å²) in [5.74, 6) is 0.718. The molecule has 0 unspecified atom stereocenters. The molecule has 1 heterocycles. The van der Waals surface area contributed by atoms with Crippen molar-refractivity contribution in [3.63, 3.8) is 0 Å². The van der Waals surface area contributed by atoms with Crippen molar-refractivity contribution < 1.29 is 9.59 Å². The normalized spacial score (nSPS) is 17.6. The fourth-order valence-electron chi connectivity index (χ4n) is 1.62. The van der Waals surface area contributed by atoms with Gasteiger partial charge in [-0.3, -0.25) is 9.59 Å². The van der Waals surface area contributed by atoms with Crippen molar-refractivity contribution in [2.75, 3.05) is 31.9 Å². The highest BCUT2D eigenvalue weighted by atomic mass is 32.1. The molecule has 90 valence electrons. The molecule has 1 fully saturated rings. The van der Waals surface area contributed by atoms with E-state index in [1.807, 2.05) is 19.1 Å². The number of piperazine rings is 1. The summed E-state index contributed by atoms with van der Waals surface area (Å²) in [6, 6.07) is 0. The summed E-state index contributed by atoms with van der Waals surface area (Å²) in [5.41, 5.74) is 0. The summed E-state index contributed by atoms with van der Waals surface area (Å²) in [6.45, 7) is 3.60. The molecule has 0 bridgehead atoms. The maximum atomic E-state index is 11.7. The maximum Gasteiger partial charge on any atom is 0.242 e. The zero-order chi connectivity index (χ0) is 12.0. The summed E-state index contributed by atoms with van der Waals surface area (Å²) in [6.07, 6.45) is 4.63. The molecule has 0 radical (unpaired) electrons. The zero-order valence-electron chi connectivity index (χ0n) is 9.56. The molecule has 0 aromatic rings. The maximum absolute atomic E-state index is 11.7. The van der Waals surface area contributed by atoms with Gasteiger partial charge in [0.25, 0.3) is 0 Å². The quantitative estimate of drug-likeness (QED) is 0.565. The van der Waals surface area contributed by atoms with Crippen molar-refractivity contribution in [1.29, 1.82) is 0 Å². The van der Waals surface area contributed by atoms with Gasteiger partial charge in [-0.15, -0.1) is 0 Å². The van der Waals surface area contributed by atoms with Gasteiger partial charge in [-0.25, -0.2) is 0 Å². The molecule has 4 nitrogen and oxygen atoms in total. The third kappa shape index (κ3) is 3.56. The third-order valence-corrected chi connectivity index (χ3v) is 2.66. The number of hydrogen-bond donors (Lipinski definition) is 1. The second-order valence-electron chi connectivity index (χ2n) is 3.74. The standard InChI is InChI=1S/C11H18N2O2S/c1-2-5-12-8-11(15)13(9-10(12)14)6-3-4-7-16/h3-4,16H,2,5-9H2,1H3. The highest BCUT2D eigenvalue weighted by molar-refractivity contribution is 7.80. The molecule has 1 rings (SSSR count). The van der Waals surface area contributed by atoms with E-state index in [0.29, 0.717) is 18.8 Å². The summed E-state index contributed by atoms with van der Waals surface area (Å²) in [7, 11) is 0. The minimum Gasteiger partial charge on any atom is -0.332 e. The van der Waals surface area contributed by atoms with Crippen LogP contribution in [0.3, 0.4) is 0 Å². The lowest BCUT2D eigenvalue weighted by Gasteiger charge is -2.33. The van der Waals surface area contributed by atoms with Gasteiger partial charge in [0, 0.05) is 18.8 Å². The van der Waals surface area contributed by atoms with Gasteiger partial charge >= 0.3 is 0 Å². The van der Waals surface area contributed by atoms with Crippen molar-refractivity contribution in [3.8, 4) is 0 Å². The van der Waals surface area contributed by atoms with Crippen LogP contribution < -0.4 is 0 Å². The second-order valence-corrected chi connectivity index (χ2v) is 4.11. The van der Waals surface area contributed by atoms with Crippen molar-refractivity contribution in [3.05, 3.63) is 12.2 Å². The molecule has 0 N–H and O–H groups in total. The summed E-state index contributed by atoms with van der Waals surface area (Å²) >= 11 is 4.04. The van der Waals surface area contributed by atoms with Crippen LogP contribution in [0.2, 0.25) is 0 Å². The smallest absolute Gasteiger partial charge is 0.242 e. The molecule has 0 atom stereocenters. The van der Waals surface area contributed by atoms with Crippen LogP contribution in [0.1, 0.15) is 13.3 Å². The number of carbonyl (C=O) groups is 2. The van der Waals surface area contributed by atoms with E-state index in [1.165, 1.54) is 0 Å². The van der Waals surface area contributed by atoms with Gasteiger partial charge in [0.05, 0.1) is 6.54 Å². The topological polar surface area (TPSA) is 40.6 Å². The number of amides is 2. The molecular formula is C11H18N2O2S. The van der Waals surface area contributed by atoms with Crippen LogP contribution in [-0.2, 0) is 9.59 Å². The monoisotopic (exact) mass is 242 g/mol. The number of thiol groups is 1. The first-order valence-corrected chi connectivity index (χ1v) is 6.13. The molecule has 0 spiro atoms. The van der Waals surface area contributed by atoms with E-state index in [1.54, 1.807) is 9.80 Å². The summed E-state index contributed by atoms with van der Waals surface area (Å²) in [4.78, 5) is 26.6. The minimum absolute atomic E-state index is 0.0249. The van der Waals surface area contributed by atoms with E-state index in [2.05, 4.69) is 12.6 Å². The lowest BCUT2D eigenvalue weighted by Crippen LogP contribution is -2.53.